The van der Waals surface area contributed by atoms with Crippen molar-refractivity contribution in [2.45, 2.75) is 129 Å². The number of hydrogen-bond donors (Lipinski definition) is 2. The Morgan fingerprint density at radius 3 is 1.60 bits per heavy atom. The molecule has 0 aromatic carbocycles. The molecule has 2 unspecified atom stereocenters. The van der Waals surface area contributed by atoms with Gasteiger partial charge in [-0.25, -0.2) is 4.79 Å². The van der Waals surface area contributed by atoms with Crippen LogP contribution in [0, 0.1) is 0 Å². The molecule has 0 saturated heterocycles. The summed E-state index contributed by atoms with van der Waals surface area (Å²) in [5.41, 5.74) is 0. The molecular formula is C24H46O6. The van der Waals surface area contributed by atoms with Crippen LogP contribution in [-0.4, -0.2) is 47.6 Å². The molecule has 6 heteroatoms. The van der Waals surface area contributed by atoms with Crippen molar-refractivity contribution in [2.24, 2.45) is 0 Å². The maximum atomic E-state index is 11.7. The molecule has 0 spiro atoms. The van der Waals surface area contributed by atoms with Crippen molar-refractivity contribution >= 4 is 11.9 Å². The molecule has 6 nitrogen and oxygen atoms in total. The first-order valence-electron chi connectivity index (χ1n) is 12.2. The molecular weight excluding hydrogens is 384 g/mol. The monoisotopic (exact) mass is 430 g/mol. The summed E-state index contributed by atoms with van der Waals surface area (Å²) < 4.78 is 9.86. The van der Waals surface area contributed by atoms with E-state index in [0.29, 0.717) is 6.42 Å². The lowest BCUT2D eigenvalue weighted by atomic mass is 10.0. The lowest BCUT2D eigenvalue weighted by Crippen LogP contribution is -2.32. The van der Waals surface area contributed by atoms with Crippen molar-refractivity contribution in [1.29, 1.82) is 0 Å². The van der Waals surface area contributed by atoms with Crippen LogP contribution in [0.2, 0.25) is 0 Å². The molecule has 0 aromatic heterocycles. The summed E-state index contributed by atoms with van der Waals surface area (Å²) in [6, 6.07) is 0. The molecule has 0 heterocycles. The molecule has 0 aliphatic rings. The van der Waals surface area contributed by atoms with Crippen LogP contribution in [0.5, 0.6) is 0 Å². The third-order valence-electron chi connectivity index (χ3n) is 5.24. The van der Waals surface area contributed by atoms with Gasteiger partial charge in [0.1, 0.15) is 12.7 Å². The van der Waals surface area contributed by atoms with E-state index >= 15 is 0 Å². The molecule has 30 heavy (non-hydrogen) atoms. The van der Waals surface area contributed by atoms with Crippen LogP contribution >= 0.6 is 0 Å². The van der Waals surface area contributed by atoms with Crippen LogP contribution < -0.4 is 0 Å². The van der Waals surface area contributed by atoms with Crippen LogP contribution in [-0.2, 0) is 19.1 Å². The fraction of sp³-hybridized carbons (Fsp3) is 0.917. The van der Waals surface area contributed by atoms with Gasteiger partial charge in [-0.2, -0.15) is 0 Å². The fourth-order valence-electron chi connectivity index (χ4n) is 3.29. The van der Waals surface area contributed by atoms with Gasteiger partial charge in [0, 0.05) is 6.42 Å². The normalized spacial score (nSPS) is 13.1. The Kier molecular flexibility index (Phi) is 20.3. The van der Waals surface area contributed by atoms with E-state index in [4.69, 9.17) is 19.7 Å². The summed E-state index contributed by atoms with van der Waals surface area (Å²) in [4.78, 5) is 23.0. The van der Waals surface area contributed by atoms with Gasteiger partial charge in [0.2, 0.25) is 0 Å². The topological polar surface area (TPSA) is 93.1 Å². The first kappa shape index (κ1) is 28.9. The van der Waals surface area contributed by atoms with Crippen LogP contribution in [0.3, 0.4) is 0 Å². The minimum atomic E-state index is -1.27. The Morgan fingerprint density at radius 1 is 0.767 bits per heavy atom. The lowest BCUT2D eigenvalue weighted by Gasteiger charge is -2.16. The molecule has 0 aliphatic carbocycles. The molecule has 0 radical (unpaired) electrons. The number of unbranched alkanes of at least 4 members (excludes halogenated alkanes) is 14. The molecule has 178 valence electrons. The van der Waals surface area contributed by atoms with Crippen molar-refractivity contribution in [3.05, 3.63) is 0 Å². The van der Waals surface area contributed by atoms with E-state index in [1.807, 2.05) is 0 Å². The quantitative estimate of drug-likeness (QED) is 0.195. The zero-order valence-electron chi connectivity index (χ0n) is 19.4. The van der Waals surface area contributed by atoms with Gasteiger partial charge in [0.25, 0.3) is 0 Å². The number of ether oxygens (including phenoxy) is 2. The molecule has 0 rings (SSSR count). The average Bonchev–Trinajstić information content (AvgIpc) is 2.73. The Labute approximate surface area is 183 Å². The number of aliphatic hydroxyl groups is 2. The van der Waals surface area contributed by atoms with E-state index in [1.165, 1.54) is 84.0 Å². The Bertz CT molecular complexity index is 411. The molecule has 0 aliphatic heterocycles. The van der Waals surface area contributed by atoms with E-state index < -0.39 is 24.8 Å². The maximum Gasteiger partial charge on any atom is 0.335 e. The average molecular weight is 431 g/mol. The van der Waals surface area contributed by atoms with Crippen molar-refractivity contribution < 1.29 is 29.3 Å². The van der Waals surface area contributed by atoms with E-state index in [0.717, 1.165) is 19.3 Å². The van der Waals surface area contributed by atoms with Gasteiger partial charge >= 0.3 is 11.9 Å². The van der Waals surface area contributed by atoms with Crippen LogP contribution in [0.1, 0.15) is 117 Å². The number of carbonyl (C=O) groups is 2. The largest absolute Gasteiger partial charge is 0.462 e. The van der Waals surface area contributed by atoms with Crippen LogP contribution in [0.4, 0.5) is 0 Å². The molecule has 0 fully saturated rings. The highest BCUT2D eigenvalue weighted by Crippen LogP contribution is 2.14. The van der Waals surface area contributed by atoms with Gasteiger partial charge < -0.3 is 19.7 Å². The van der Waals surface area contributed by atoms with Gasteiger partial charge in [-0.3, -0.25) is 4.79 Å². The van der Waals surface area contributed by atoms with Crippen molar-refractivity contribution in [2.75, 3.05) is 13.2 Å². The Balaban J connectivity index is 3.41. The van der Waals surface area contributed by atoms with Gasteiger partial charge in [-0.05, 0) is 13.3 Å². The van der Waals surface area contributed by atoms with E-state index in [9.17, 15) is 9.59 Å². The second-order valence-electron chi connectivity index (χ2n) is 8.30. The fourth-order valence-corrected chi connectivity index (χ4v) is 3.29. The zero-order valence-corrected chi connectivity index (χ0v) is 19.4. The van der Waals surface area contributed by atoms with E-state index in [2.05, 4.69) is 6.92 Å². The first-order valence-corrected chi connectivity index (χ1v) is 12.2. The predicted molar refractivity (Wildman–Crippen MR) is 119 cm³/mol. The molecule has 0 bridgehead atoms. The third kappa shape index (κ3) is 18.9. The number of hydrogen-bond acceptors (Lipinski definition) is 6. The number of carbonyl (C=O) groups excluding carboxylic acids is 2. The molecule has 0 saturated carbocycles. The zero-order chi connectivity index (χ0) is 22.5. The van der Waals surface area contributed by atoms with Crippen molar-refractivity contribution in [3.8, 4) is 0 Å². The summed E-state index contributed by atoms with van der Waals surface area (Å²) >= 11 is 0. The number of rotatable bonds is 21. The highest BCUT2D eigenvalue weighted by molar-refractivity contribution is 5.74. The second-order valence-corrected chi connectivity index (χ2v) is 8.30. The summed E-state index contributed by atoms with van der Waals surface area (Å²) in [6.07, 6.45) is 17.2. The Hall–Kier alpha value is -1.14. The molecule has 0 aromatic rings. The first-order chi connectivity index (χ1) is 14.5. The number of aliphatic hydroxyl groups excluding tert-OH is 2. The van der Waals surface area contributed by atoms with E-state index in [-0.39, 0.29) is 12.6 Å². The van der Waals surface area contributed by atoms with E-state index in [1.54, 1.807) is 0 Å². The standard InChI is InChI=1S/C24H46O6/c1-3-4-5-6-7-8-9-10-11-12-13-14-15-16-17-18-23(27)29-20-22(19-25)30-24(28)21(2)26/h21-22,25-26H,3-20H2,1-2H3. The minimum Gasteiger partial charge on any atom is -0.462 e. The molecule has 2 atom stereocenters. The van der Waals surface area contributed by atoms with Gasteiger partial charge in [0.15, 0.2) is 6.10 Å². The van der Waals surface area contributed by atoms with Gasteiger partial charge in [-0.15, -0.1) is 0 Å². The molecule has 0 amide bonds. The van der Waals surface area contributed by atoms with Crippen molar-refractivity contribution in [1.82, 2.24) is 0 Å². The predicted octanol–water partition coefficient (Wildman–Crippen LogP) is 5.08. The smallest absolute Gasteiger partial charge is 0.335 e. The lowest BCUT2D eigenvalue weighted by molar-refractivity contribution is -0.167. The summed E-state index contributed by atoms with van der Waals surface area (Å²) in [6.45, 7) is 2.89. The summed E-state index contributed by atoms with van der Waals surface area (Å²) in [5, 5.41) is 18.2. The maximum absolute atomic E-state index is 11.7. The number of esters is 2. The molecule has 2 N–H and O–H groups in total. The minimum absolute atomic E-state index is 0.188. The second kappa shape index (κ2) is 21.1. The highest BCUT2D eigenvalue weighted by atomic mass is 16.6. The van der Waals surface area contributed by atoms with Crippen molar-refractivity contribution in [3.63, 3.8) is 0 Å². The SMILES string of the molecule is CCCCCCCCCCCCCCCCCC(=O)OCC(CO)OC(=O)C(C)O. The van der Waals surface area contributed by atoms with Crippen LogP contribution in [0.25, 0.3) is 0 Å². The Morgan fingerprint density at radius 2 is 1.20 bits per heavy atom. The highest BCUT2D eigenvalue weighted by Gasteiger charge is 2.19. The summed E-state index contributed by atoms with van der Waals surface area (Å²) in [7, 11) is 0. The summed E-state index contributed by atoms with van der Waals surface area (Å²) in [5.74, 6) is -1.19. The third-order valence-corrected chi connectivity index (χ3v) is 5.24. The van der Waals surface area contributed by atoms with Gasteiger partial charge in [0.05, 0.1) is 6.61 Å². The van der Waals surface area contributed by atoms with Crippen LogP contribution in [0.15, 0.2) is 0 Å². The van der Waals surface area contributed by atoms with Gasteiger partial charge in [-0.1, -0.05) is 96.8 Å².